The van der Waals surface area contributed by atoms with Gasteiger partial charge in [-0.25, -0.2) is 0 Å². The molecule has 33 heavy (non-hydrogen) atoms. The van der Waals surface area contributed by atoms with Gasteiger partial charge in [0.05, 0.1) is 6.10 Å². The minimum atomic E-state index is -2.46. The summed E-state index contributed by atoms with van der Waals surface area (Å²) >= 11 is 0. The maximum atomic E-state index is 7.47. The van der Waals surface area contributed by atoms with E-state index in [-0.39, 0.29) is 6.10 Å². The minimum absolute atomic E-state index is 0.193. The summed E-state index contributed by atoms with van der Waals surface area (Å²) in [5.74, 6) is 0.601. The standard InChI is InChI=1S/C30H39NOSi/c1-22-15-23(2)18-28(17-22)33(5,29-19-24(3)16-25(4)20-29)32-30(26-11-7-6-8-12-26)21-27-13-9-10-14-31-27/h9-10,13-20,26,30H,6-8,11-12,21H2,1-5H3/t30-/m0/s1. The van der Waals surface area contributed by atoms with Gasteiger partial charge in [0.2, 0.25) is 0 Å². The Morgan fingerprint density at radius 2 is 1.36 bits per heavy atom. The summed E-state index contributed by atoms with van der Waals surface area (Å²) in [5.41, 5.74) is 6.41. The quantitative estimate of drug-likeness (QED) is 0.393. The van der Waals surface area contributed by atoms with E-state index in [0.717, 1.165) is 12.1 Å². The number of nitrogens with zero attached hydrogens (tertiary/aromatic N) is 1. The molecule has 0 bridgehead atoms. The third-order valence-electron chi connectivity index (χ3n) is 7.24. The van der Waals surface area contributed by atoms with Gasteiger partial charge in [0, 0.05) is 18.3 Å². The van der Waals surface area contributed by atoms with Gasteiger partial charge in [-0.05, 0) is 75.5 Å². The van der Waals surface area contributed by atoms with Crippen molar-refractivity contribution in [2.24, 2.45) is 5.92 Å². The zero-order chi connectivity index (χ0) is 23.4. The van der Waals surface area contributed by atoms with Gasteiger partial charge in [0.25, 0.3) is 8.32 Å². The highest BCUT2D eigenvalue weighted by Crippen LogP contribution is 2.31. The number of aryl methyl sites for hydroxylation is 4. The van der Waals surface area contributed by atoms with Crippen molar-refractivity contribution >= 4 is 18.7 Å². The zero-order valence-corrected chi connectivity index (χ0v) is 22.0. The van der Waals surface area contributed by atoms with Crippen LogP contribution in [0.2, 0.25) is 6.55 Å². The SMILES string of the molecule is Cc1cc(C)cc([Si](C)(O[C@@H](Cc2ccccn2)C2CCCCC2)c2cc(C)cc(C)c2)c1. The molecule has 1 atom stereocenters. The number of aromatic nitrogens is 1. The maximum Gasteiger partial charge on any atom is 0.253 e. The fourth-order valence-corrected chi connectivity index (χ4v) is 9.14. The lowest BCUT2D eigenvalue weighted by molar-refractivity contribution is 0.104. The smallest absolute Gasteiger partial charge is 0.253 e. The van der Waals surface area contributed by atoms with Gasteiger partial charge in [-0.15, -0.1) is 0 Å². The third kappa shape index (κ3) is 5.83. The first kappa shape index (κ1) is 23.9. The van der Waals surface area contributed by atoms with Crippen LogP contribution < -0.4 is 10.4 Å². The van der Waals surface area contributed by atoms with Crippen LogP contribution in [-0.4, -0.2) is 19.4 Å². The van der Waals surface area contributed by atoms with Crippen LogP contribution >= 0.6 is 0 Å². The van der Waals surface area contributed by atoms with Crippen LogP contribution in [0.25, 0.3) is 0 Å². The molecule has 1 aliphatic rings. The monoisotopic (exact) mass is 457 g/mol. The summed E-state index contributed by atoms with van der Waals surface area (Å²) in [6.07, 6.45) is 9.52. The molecule has 1 fully saturated rings. The predicted molar refractivity (Wildman–Crippen MR) is 142 cm³/mol. The van der Waals surface area contributed by atoms with Crippen LogP contribution in [-0.2, 0) is 10.8 Å². The molecule has 3 heteroatoms. The lowest BCUT2D eigenvalue weighted by Crippen LogP contribution is -2.61. The molecule has 0 amide bonds. The molecule has 0 radical (unpaired) electrons. The molecule has 4 rings (SSSR count). The first-order valence-electron chi connectivity index (χ1n) is 12.6. The fourth-order valence-electron chi connectivity index (χ4n) is 5.64. The molecule has 2 nitrogen and oxygen atoms in total. The van der Waals surface area contributed by atoms with Crippen molar-refractivity contribution in [3.63, 3.8) is 0 Å². The topological polar surface area (TPSA) is 22.1 Å². The molecular weight excluding hydrogens is 418 g/mol. The molecule has 2 aromatic carbocycles. The molecule has 1 aromatic heterocycles. The van der Waals surface area contributed by atoms with Gasteiger partial charge in [-0.1, -0.05) is 84.0 Å². The Morgan fingerprint density at radius 3 is 1.85 bits per heavy atom. The molecule has 0 saturated heterocycles. The van der Waals surface area contributed by atoms with Crippen molar-refractivity contribution in [3.05, 3.63) is 88.7 Å². The van der Waals surface area contributed by atoms with Crippen molar-refractivity contribution in [1.82, 2.24) is 4.98 Å². The van der Waals surface area contributed by atoms with E-state index in [1.165, 1.54) is 64.7 Å². The van der Waals surface area contributed by atoms with Crippen LogP contribution in [0, 0.1) is 33.6 Å². The van der Waals surface area contributed by atoms with E-state index in [0.29, 0.717) is 5.92 Å². The van der Waals surface area contributed by atoms with Crippen LogP contribution in [0.5, 0.6) is 0 Å². The molecule has 1 saturated carbocycles. The molecule has 1 aliphatic carbocycles. The predicted octanol–water partition coefficient (Wildman–Crippen LogP) is 6.21. The van der Waals surface area contributed by atoms with E-state index in [1.54, 1.807) is 0 Å². The lowest BCUT2D eigenvalue weighted by Gasteiger charge is -2.38. The third-order valence-corrected chi connectivity index (χ3v) is 10.8. The Morgan fingerprint density at radius 1 is 0.818 bits per heavy atom. The summed E-state index contributed by atoms with van der Waals surface area (Å²) in [6, 6.07) is 20.3. The van der Waals surface area contributed by atoms with Gasteiger partial charge in [-0.3, -0.25) is 4.98 Å². The zero-order valence-electron chi connectivity index (χ0n) is 21.0. The number of rotatable bonds is 7. The minimum Gasteiger partial charge on any atom is -0.405 e. The molecule has 0 aliphatic heterocycles. The highest BCUT2D eigenvalue weighted by atomic mass is 28.4. The van der Waals surface area contributed by atoms with Gasteiger partial charge < -0.3 is 4.43 Å². The first-order valence-corrected chi connectivity index (χ1v) is 15.0. The molecule has 0 N–H and O–H groups in total. The molecular formula is C30H39NOSi. The summed E-state index contributed by atoms with van der Waals surface area (Å²) in [5, 5.41) is 2.76. The number of hydrogen-bond donors (Lipinski definition) is 0. The van der Waals surface area contributed by atoms with Gasteiger partial charge >= 0.3 is 0 Å². The van der Waals surface area contributed by atoms with Gasteiger partial charge in [0.1, 0.15) is 0 Å². The van der Waals surface area contributed by atoms with E-state index >= 15 is 0 Å². The summed E-state index contributed by atoms with van der Waals surface area (Å²) in [6.45, 7) is 11.3. The van der Waals surface area contributed by atoms with Crippen molar-refractivity contribution in [1.29, 1.82) is 0 Å². The van der Waals surface area contributed by atoms with Crippen molar-refractivity contribution in [3.8, 4) is 0 Å². The second-order valence-electron chi connectivity index (χ2n) is 10.4. The van der Waals surface area contributed by atoms with E-state index in [9.17, 15) is 0 Å². The van der Waals surface area contributed by atoms with E-state index in [1.807, 2.05) is 12.3 Å². The number of pyridine rings is 1. The van der Waals surface area contributed by atoms with Crippen molar-refractivity contribution < 1.29 is 4.43 Å². The Bertz CT molecular complexity index is 980. The second kappa shape index (κ2) is 10.4. The van der Waals surface area contributed by atoms with Crippen molar-refractivity contribution in [2.45, 2.75) is 78.9 Å². The Labute approximate surface area is 201 Å². The number of hydrogen-bond acceptors (Lipinski definition) is 2. The highest BCUT2D eigenvalue weighted by molar-refractivity contribution is 6.96. The molecule has 3 aromatic rings. The lowest BCUT2D eigenvalue weighted by atomic mass is 9.84. The average molecular weight is 458 g/mol. The molecule has 174 valence electrons. The largest absolute Gasteiger partial charge is 0.405 e. The van der Waals surface area contributed by atoms with Gasteiger partial charge in [0.15, 0.2) is 0 Å². The van der Waals surface area contributed by atoms with Crippen LogP contribution in [0.4, 0.5) is 0 Å². The molecule has 1 heterocycles. The Hall–Kier alpha value is -2.23. The fraction of sp³-hybridized carbons (Fsp3) is 0.433. The summed E-state index contributed by atoms with van der Waals surface area (Å²) in [7, 11) is -2.46. The first-order chi connectivity index (χ1) is 15.8. The molecule has 0 spiro atoms. The van der Waals surface area contributed by atoms with E-state index in [2.05, 4.69) is 87.8 Å². The molecule has 0 unspecified atom stereocenters. The van der Waals surface area contributed by atoms with Crippen LogP contribution in [0.15, 0.2) is 60.8 Å². The second-order valence-corrected chi connectivity index (χ2v) is 13.8. The normalized spacial score (nSPS) is 16.0. The summed E-state index contributed by atoms with van der Waals surface area (Å²) in [4.78, 5) is 4.68. The van der Waals surface area contributed by atoms with E-state index < -0.39 is 8.32 Å². The van der Waals surface area contributed by atoms with Crippen LogP contribution in [0.1, 0.15) is 60.1 Å². The van der Waals surface area contributed by atoms with Gasteiger partial charge in [-0.2, -0.15) is 0 Å². The van der Waals surface area contributed by atoms with Crippen molar-refractivity contribution in [2.75, 3.05) is 0 Å². The Balaban J connectivity index is 1.80. The Kier molecular flexibility index (Phi) is 7.50. The summed E-state index contributed by atoms with van der Waals surface area (Å²) < 4.78 is 7.47. The average Bonchev–Trinajstić information content (AvgIpc) is 2.78. The van der Waals surface area contributed by atoms with E-state index in [4.69, 9.17) is 4.43 Å². The number of benzene rings is 2. The van der Waals surface area contributed by atoms with Crippen LogP contribution in [0.3, 0.4) is 0 Å². The maximum absolute atomic E-state index is 7.47. The highest BCUT2D eigenvalue weighted by Gasteiger charge is 2.40.